The fraction of sp³-hybridized carbons (Fsp3) is 0.300. The zero-order valence-electron chi connectivity index (χ0n) is 7.90. The lowest BCUT2D eigenvalue weighted by Gasteiger charge is -2.19. The van der Waals surface area contributed by atoms with Gasteiger partial charge in [-0.15, -0.1) is 0 Å². The summed E-state index contributed by atoms with van der Waals surface area (Å²) in [4.78, 5) is 12.9. The molecule has 14 heavy (non-hydrogen) atoms. The Labute approximate surface area is 81.9 Å². The van der Waals surface area contributed by atoms with Crippen molar-refractivity contribution in [1.29, 1.82) is 0 Å². The van der Waals surface area contributed by atoms with Crippen LogP contribution in [0.4, 0.5) is 5.69 Å². The SMILES string of the molecule is CN1c2ccc(O)cc2CC1C(N)=O. The first-order chi connectivity index (χ1) is 6.59. The normalized spacial score (nSPS) is 19.5. The Morgan fingerprint density at radius 3 is 3.00 bits per heavy atom. The third kappa shape index (κ3) is 1.19. The van der Waals surface area contributed by atoms with Gasteiger partial charge in [0.05, 0.1) is 0 Å². The summed E-state index contributed by atoms with van der Waals surface area (Å²) in [5.74, 6) is -0.106. The molecule has 0 saturated heterocycles. The Bertz CT molecular complexity index is 390. The smallest absolute Gasteiger partial charge is 0.240 e. The minimum Gasteiger partial charge on any atom is -0.508 e. The van der Waals surface area contributed by atoms with E-state index in [2.05, 4.69) is 0 Å². The van der Waals surface area contributed by atoms with Crippen LogP contribution in [-0.2, 0) is 11.2 Å². The van der Waals surface area contributed by atoms with Crippen molar-refractivity contribution in [1.82, 2.24) is 0 Å². The molecule has 1 amide bonds. The quantitative estimate of drug-likeness (QED) is 0.669. The Morgan fingerprint density at radius 2 is 2.36 bits per heavy atom. The Balaban J connectivity index is 2.40. The highest BCUT2D eigenvalue weighted by molar-refractivity contribution is 5.86. The fourth-order valence-corrected chi connectivity index (χ4v) is 1.88. The second kappa shape index (κ2) is 2.90. The Morgan fingerprint density at radius 1 is 1.64 bits per heavy atom. The number of hydrogen-bond acceptors (Lipinski definition) is 3. The van der Waals surface area contributed by atoms with Crippen LogP contribution in [0.3, 0.4) is 0 Å². The number of nitrogens with zero attached hydrogens (tertiary/aromatic N) is 1. The molecule has 0 saturated carbocycles. The van der Waals surface area contributed by atoms with Gasteiger partial charge in [-0.2, -0.15) is 0 Å². The number of carbonyl (C=O) groups is 1. The number of rotatable bonds is 1. The van der Waals surface area contributed by atoms with Crippen LogP contribution in [-0.4, -0.2) is 24.1 Å². The van der Waals surface area contributed by atoms with Gasteiger partial charge in [0.25, 0.3) is 0 Å². The van der Waals surface area contributed by atoms with Crippen LogP contribution in [0.25, 0.3) is 0 Å². The molecule has 1 atom stereocenters. The van der Waals surface area contributed by atoms with Gasteiger partial charge in [0.1, 0.15) is 11.8 Å². The predicted octanol–water partition coefficient (Wildman–Crippen LogP) is 0.238. The van der Waals surface area contributed by atoms with Crippen molar-refractivity contribution < 1.29 is 9.90 Å². The molecule has 1 aromatic rings. The number of likely N-dealkylation sites (N-methyl/N-ethyl adjacent to an activating group) is 1. The lowest BCUT2D eigenvalue weighted by molar-refractivity contribution is -0.119. The predicted molar refractivity (Wildman–Crippen MR) is 53.2 cm³/mol. The van der Waals surface area contributed by atoms with Crippen molar-refractivity contribution in [3.8, 4) is 5.75 Å². The molecule has 3 N–H and O–H groups in total. The van der Waals surface area contributed by atoms with E-state index in [4.69, 9.17) is 5.73 Å². The summed E-state index contributed by atoms with van der Waals surface area (Å²) in [6.07, 6.45) is 0.579. The number of phenols is 1. The molecule has 0 fully saturated rings. The molecule has 4 nitrogen and oxygen atoms in total. The monoisotopic (exact) mass is 192 g/mol. The number of anilines is 1. The molecule has 0 aromatic heterocycles. The third-order valence-electron chi connectivity index (χ3n) is 2.65. The van der Waals surface area contributed by atoms with E-state index in [1.807, 2.05) is 11.9 Å². The summed E-state index contributed by atoms with van der Waals surface area (Å²) in [7, 11) is 1.83. The highest BCUT2D eigenvalue weighted by atomic mass is 16.3. The van der Waals surface area contributed by atoms with Crippen molar-refractivity contribution in [2.24, 2.45) is 5.73 Å². The van der Waals surface area contributed by atoms with Gasteiger partial charge < -0.3 is 15.7 Å². The van der Waals surface area contributed by atoms with E-state index in [0.717, 1.165) is 11.3 Å². The van der Waals surface area contributed by atoms with E-state index in [9.17, 15) is 9.90 Å². The summed E-state index contributed by atoms with van der Waals surface area (Å²) in [6, 6.07) is 4.80. The third-order valence-corrected chi connectivity index (χ3v) is 2.65. The second-order valence-corrected chi connectivity index (χ2v) is 3.55. The molecule has 1 unspecified atom stereocenters. The number of nitrogens with two attached hydrogens (primary N) is 1. The van der Waals surface area contributed by atoms with Crippen LogP contribution in [0.2, 0.25) is 0 Å². The van der Waals surface area contributed by atoms with Gasteiger partial charge in [0, 0.05) is 19.2 Å². The molecule has 1 aliphatic heterocycles. The average molecular weight is 192 g/mol. The van der Waals surface area contributed by atoms with E-state index < -0.39 is 0 Å². The number of primary amides is 1. The molecule has 1 heterocycles. The standard InChI is InChI=1S/C10H12N2O2/c1-12-8-3-2-7(13)4-6(8)5-9(12)10(11)14/h2-4,9,13H,5H2,1H3,(H2,11,14). The van der Waals surface area contributed by atoms with E-state index >= 15 is 0 Å². The molecule has 0 bridgehead atoms. The number of fused-ring (bicyclic) bond motifs is 1. The van der Waals surface area contributed by atoms with Gasteiger partial charge in [0.2, 0.25) is 5.91 Å². The molecule has 4 heteroatoms. The maximum absolute atomic E-state index is 11.1. The molecule has 1 aromatic carbocycles. The van der Waals surface area contributed by atoms with Gasteiger partial charge in [-0.3, -0.25) is 4.79 Å². The van der Waals surface area contributed by atoms with Crippen molar-refractivity contribution in [3.63, 3.8) is 0 Å². The van der Waals surface area contributed by atoms with Crippen LogP contribution < -0.4 is 10.6 Å². The van der Waals surface area contributed by atoms with Gasteiger partial charge in [0.15, 0.2) is 0 Å². The minimum absolute atomic E-state index is 0.224. The van der Waals surface area contributed by atoms with Crippen molar-refractivity contribution in [2.45, 2.75) is 12.5 Å². The van der Waals surface area contributed by atoms with Crippen LogP contribution in [0, 0.1) is 0 Å². The molecule has 0 aliphatic carbocycles. The number of amides is 1. The highest BCUT2D eigenvalue weighted by Gasteiger charge is 2.30. The first-order valence-electron chi connectivity index (χ1n) is 4.43. The number of benzene rings is 1. The van der Waals surface area contributed by atoms with Crippen molar-refractivity contribution in [2.75, 3.05) is 11.9 Å². The Hall–Kier alpha value is -1.71. The largest absolute Gasteiger partial charge is 0.508 e. The van der Waals surface area contributed by atoms with Crippen LogP contribution in [0.5, 0.6) is 5.75 Å². The summed E-state index contributed by atoms with van der Waals surface area (Å²) in [5, 5.41) is 9.27. The molecular formula is C10H12N2O2. The fourth-order valence-electron chi connectivity index (χ4n) is 1.88. The number of carbonyl (C=O) groups excluding carboxylic acids is 1. The number of aromatic hydroxyl groups is 1. The summed E-state index contributed by atoms with van der Waals surface area (Å²) in [5.41, 5.74) is 7.20. The molecule has 74 valence electrons. The van der Waals surface area contributed by atoms with Crippen LogP contribution >= 0.6 is 0 Å². The maximum atomic E-state index is 11.1. The van der Waals surface area contributed by atoms with Gasteiger partial charge in [-0.25, -0.2) is 0 Å². The lowest BCUT2D eigenvalue weighted by atomic mass is 10.1. The van der Waals surface area contributed by atoms with E-state index in [-0.39, 0.29) is 17.7 Å². The van der Waals surface area contributed by atoms with Gasteiger partial charge in [-0.1, -0.05) is 0 Å². The van der Waals surface area contributed by atoms with Crippen LogP contribution in [0.1, 0.15) is 5.56 Å². The topological polar surface area (TPSA) is 66.6 Å². The van der Waals surface area contributed by atoms with E-state index in [0.29, 0.717) is 6.42 Å². The number of hydrogen-bond donors (Lipinski definition) is 2. The summed E-state index contributed by atoms with van der Waals surface area (Å²) < 4.78 is 0. The molecule has 0 radical (unpaired) electrons. The van der Waals surface area contributed by atoms with Gasteiger partial charge >= 0.3 is 0 Å². The first-order valence-corrected chi connectivity index (χ1v) is 4.43. The molecule has 2 rings (SSSR count). The zero-order chi connectivity index (χ0) is 10.3. The highest BCUT2D eigenvalue weighted by Crippen LogP contribution is 2.32. The first kappa shape index (κ1) is 8.87. The molecular weight excluding hydrogens is 180 g/mol. The summed E-state index contributed by atoms with van der Waals surface area (Å²) in [6.45, 7) is 0. The lowest BCUT2D eigenvalue weighted by Crippen LogP contribution is -2.40. The summed E-state index contributed by atoms with van der Waals surface area (Å²) >= 11 is 0. The van der Waals surface area contributed by atoms with E-state index in [1.54, 1.807) is 18.2 Å². The second-order valence-electron chi connectivity index (χ2n) is 3.55. The van der Waals surface area contributed by atoms with Gasteiger partial charge in [-0.05, 0) is 23.8 Å². The molecule has 1 aliphatic rings. The van der Waals surface area contributed by atoms with E-state index in [1.165, 1.54) is 0 Å². The average Bonchev–Trinajstić information content (AvgIpc) is 2.43. The Kier molecular flexibility index (Phi) is 1.84. The zero-order valence-corrected chi connectivity index (χ0v) is 7.90. The van der Waals surface area contributed by atoms with Crippen molar-refractivity contribution in [3.05, 3.63) is 23.8 Å². The van der Waals surface area contributed by atoms with Crippen LogP contribution in [0.15, 0.2) is 18.2 Å². The maximum Gasteiger partial charge on any atom is 0.240 e. The minimum atomic E-state index is -0.330. The number of phenolic OH excluding ortho intramolecular Hbond substituents is 1. The van der Waals surface area contributed by atoms with Crippen molar-refractivity contribution >= 4 is 11.6 Å². The molecule has 0 spiro atoms.